The highest BCUT2D eigenvalue weighted by atomic mass is 16.5. The normalized spacial score (nSPS) is 11.1. The first-order valence-electron chi connectivity index (χ1n) is 18.5. The van der Waals surface area contributed by atoms with Crippen LogP contribution in [0.15, 0.2) is 104 Å². The van der Waals surface area contributed by atoms with E-state index < -0.39 is 53.4 Å². The number of carbonyl (C=O) groups is 6. The van der Waals surface area contributed by atoms with Gasteiger partial charge in [-0.3, -0.25) is 24.0 Å². The van der Waals surface area contributed by atoms with Crippen molar-refractivity contribution in [2.45, 2.75) is 32.4 Å². The largest absolute Gasteiger partial charge is 0.504 e. The van der Waals surface area contributed by atoms with Crippen LogP contribution in [0, 0.1) is 11.3 Å². The molecular weight excluding hydrogens is 803 g/mol. The van der Waals surface area contributed by atoms with Gasteiger partial charge in [-0.1, -0.05) is 0 Å². The van der Waals surface area contributed by atoms with Crippen LogP contribution in [-0.4, -0.2) is 83.2 Å². The van der Waals surface area contributed by atoms with Gasteiger partial charge in [0.25, 0.3) is 23.6 Å². The van der Waals surface area contributed by atoms with Crippen molar-refractivity contribution >= 4 is 58.3 Å². The Morgan fingerprint density at radius 2 is 1.32 bits per heavy atom. The first-order valence-corrected chi connectivity index (χ1v) is 18.5. The minimum Gasteiger partial charge on any atom is -0.504 e. The van der Waals surface area contributed by atoms with Gasteiger partial charge in [-0.05, 0) is 98.8 Å². The Hall–Kier alpha value is -8.99. The van der Waals surface area contributed by atoms with Crippen LogP contribution in [-0.2, 0) is 11.2 Å². The monoisotopic (exact) mass is 837 g/mol. The fourth-order valence-electron chi connectivity index (χ4n) is 5.60. The molecule has 0 saturated heterocycles. The molecule has 3 aromatic heterocycles. The van der Waals surface area contributed by atoms with E-state index in [1.165, 1.54) is 104 Å². The van der Waals surface area contributed by atoms with Crippen LogP contribution in [0.4, 0.5) is 22.7 Å². The van der Waals surface area contributed by atoms with E-state index in [4.69, 9.17) is 15.1 Å². The number of aromatic hydroxyl groups is 1. The maximum Gasteiger partial charge on any atom is 0.335 e. The van der Waals surface area contributed by atoms with Gasteiger partial charge in [0, 0.05) is 17.7 Å². The van der Waals surface area contributed by atoms with Crippen LogP contribution < -0.4 is 31.3 Å². The Morgan fingerprint density at radius 1 is 0.710 bits per heavy atom. The molecule has 0 fully saturated rings. The number of rotatable bonds is 15. The summed E-state index contributed by atoms with van der Waals surface area (Å²) in [5.41, 5.74) is 1.50. The maximum absolute atomic E-state index is 13.5. The molecule has 1 atom stereocenters. The number of pyridine rings is 2. The number of aromatic carboxylic acids is 1. The summed E-state index contributed by atoms with van der Waals surface area (Å²) in [6, 6.07) is 20.4. The van der Waals surface area contributed by atoms with Crippen molar-refractivity contribution in [2.75, 3.05) is 21.3 Å². The van der Waals surface area contributed by atoms with Gasteiger partial charge in [-0.25, -0.2) is 14.8 Å². The van der Waals surface area contributed by atoms with E-state index in [1.54, 1.807) is 13.8 Å². The van der Waals surface area contributed by atoms with Crippen LogP contribution in [0.1, 0.15) is 77.2 Å². The van der Waals surface area contributed by atoms with E-state index in [0.29, 0.717) is 22.5 Å². The van der Waals surface area contributed by atoms with E-state index in [2.05, 4.69) is 52.0 Å². The molecule has 0 bridgehead atoms. The molecule has 20 nitrogen and oxygen atoms in total. The lowest BCUT2D eigenvalue weighted by Gasteiger charge is -2.18. The molecular formula is C42H35N11O9. The molecule has 5 amide bonds. The summed E-state index contributed by atoms with van der Waals surface area (Å²) in [6.07, 6.45) is 3.31. The number of aromatic amines is 1. The highest BCUT2D eigenvalue weighted by Gasteiger charge is 2.25. The van der Waals surface area contributed by atoms with Gasteiger partial charge in [0.2, 0.25) is 5.91 Å². The van der Waals surface area contributed by atoms with Crippen molar-refractivity contribution in [2.24, 2.45) is 0 Å². The van der Waals surface area contributed by atoms with Gasteiger partial charge in [0.1, 0.15) is 17.4 Å². The second-order valence-corrected chi connectivity index (χ2v) is 13.5. The Balaban J connectivity index is 1.10. The van der Waals surface area contributed by atoms with E-state index >= 15 is 0 Å². The average Bonchev–Trinajstić information content (AvgIpc) is 3.78. The van der Waals surface area contributed by atoms with Crippen LogP contribution in [0.3, 0.4) is 0 Å². The van der Waals surface area contributed by atoms with Crippen molar-refractivity contribution in [3.63, 3.8) is 0 Å². The lowest BCUT2D eigenvalue weighted by Crippen LogP contribution is -2.45. The predicted octanol–water partition coefficient (Wildman–Crippen LogP) is 4.39. The maximum atomic E-state index is 13.5. The van der Waals surface area contributed by atoms with Gasteiger partial charge < -0.3 is 41.5 Å². The number of aromatic nitrogens is 5. The molecule has 20 heteroatoms. The molecule has 0 spiro atoms. The zero-order valence-electron chi connectivity index (χ0n) is 32.7. The van der Waals surface area contributed by atoms with E-state index in [-0.39, 0.29) is 51.7 Å². The minimum absolute atomic E-state index is 0.0196. The smallest absolute Gasteiger partial charge is 0.335 e. The Bertz CT molecular complexity index is 2660. The molecule has 0 saturated carbocycles. The molecule has 62 heavy (non-hydrogen) atoms. The number of anilines is 4. The van der Waals surface area contributed by atoms with Gasteiger partial charge in [0.05, 0.1) is 70.2 Å². The molecule has 0 radical (unpaired) electrons. The Kier molecular flexibility index (Phi) is 13.2. The van der Waals surface area contributed by atoms with Crippen molar-refractivity contribution in [3.05, 3.63) is 143 Å². The molecule has 312 valence electrons. The number of H-pyrrole nitrogens is 1. The molecule has 8 N–H and O–H groups in total. The van der Waals surface area contributed by atoms with Crippen LogP contribution in [0.2, 0.25) is 0 Å². The number of benzene rings is 3. The summed E-state index contributed by atoms with van der Waals surface area (Å²) in [5, 5.41) is 52.5. The average molecular weight is 838 g/mol. The number of hydrogen-bond acceptors (Lipinski definition) is 13. The zero-order chi connectivity index (χ0) is 44.3. The van der Waals surface area contributed by atoms with E-state index in [1.807, 2.05) is 6.07 Å². The number of ether oxygens (including phenoxy) is 1. The van der Waals surface area contributed by atoms with Crippen molar-refractivity contribution in [3.8, 4) is 17.6 Å². The second-order valence-electron chi connectivity index (χ2n) is 13.5. The quantitative estimate of drug-likeness (QED) is 0.0712. The minimum atomic E-state index is -1.19. The number of phenolic OH excluding ortho intramolecular Hbond substituents is 1. The molecule has 0 unspecified atom stereocenters. The second kappa shape index (κ2) is 19.2. The summed E-state index contributed by atoms with van der Waals surface area (Å²) in [5.74, 6) is -5.17. The fourth-order valence-corrected chi connectivity index (χ4v) is 5.60. The number of amides is 5. The predicted molar refractivity (Wildman–Crippen MR) is 221 cm³/mol. The number of carboxylic acid groups (broad SMARTS) is 1. The first-order chi connectivity index (χ1) is 29.8. The van der Waals surface area contributed by atoms with Gasteiger partial charge in [-0.15, -0.1) is 0 Å². The fraction of sp³-hybridized carbons (Fsp3) is 0.119. The lowest BCUT2D eigenvalue weighted by atomic mass is 10.1. The molecule has 6 aromatic rings. The van der Waals surface area contributed by atoms with Gasteiger partial charge >= 0.3 is 5.97 Å². The van der Waals surface area contributed by atoms with Gasteiger partial charge in [-0.2, -0.15) is 20.7 Å². The number of nitrogens with one attached hydrogen (secondary N) is 6. The number of phenols is 1. The Labute approximate surface area is 351 Å². The SMILES string of the molecule is CC(C)Oc1c(NC(=O)c2ccc(NC(=O)[C@H](Cc3cn[nH]n3)NC(=O)c3ccc(NC(=O)c4ccc(C#N)cc4)cn3)cn2)ccc(C(=O)Nc2ccc(C(=O)O)cc2)c1O. The zero-order valence-corrected chi connectivity index (χ0v) is 32.7. The highest BCUT2D eigenvalue weighted by molar-refractivity contribution is 6.09. The number of nitrogens with zero attached hydrogens (tertiary/aromatic N) is 5. The molecule has 3 aromatic carbocycles. The highest BCUT2D eigenvalue weighted by Crippen LogP contribution is 2.39. The number of hydrogen-bond donors (Lipinski definition) is 8. The van der Waals surface area contributed by atoms with Crippen LogP contribution in [0.25, 0.3) is 0 Å². The van der Waals surface area contributed by atoms with Crippen molar-refractivity contribution < 1.29 is 43.7 Å². The van der Waals surface area contributed by atoms with Crippen molar-refractivity contribution in [1.82, 2.24) is 30.7 Å². The first kappa shape index (κ1) is 42.6. The summed E-state index contributed by atoms with van der Waals surface area (Å²) < 4.78 is 5.77. The summed E-state index contributed by atoms with van der Waals surface area (Å²) in [4.78, 5) is 85.2. The summed E-state index contributed by atoms with van der Waals surface area (Å²) in [6.45, 7) is 3.35. The molecule has 3 heterocycles. The number of carboxylic acids is 1. The number of nitriles is 1. The van der Waals surface area contributed by atoms with Crippen LogP contribution >= 0.6 is 0 Å². The van der Waals surface area contributed by atoms with E-state index in [9.17, 15) is 33.9 Å². The third-order valence-electron chi connectivity index (χ3n) is 8.66. The molecule has 0 aliphatic rings. The molecule has 0 aliphatic heterocycles. The molecule has 6 rings (SSSR count). The van der Waals surface area contributed by atoms with Gasteiger partial charge in [0.15, 0.2) is 11.5 Å². The standard InChI is InChI=1S/C42H35N11O9/c1-22(2)62-36-31(16-13-30(35(36)54)38(56)47-26-9-7-25(8-10-26)42(60)61)50-39(57)32-15-12-28(20-45-32)49-41(59)34(17-29-21-46-53-52-29)51-40(58)33-14-11-27(19-44-33)48-37(55)24-5-3-23(18-43)4-6-24/h3-16,19-22,34,54H,17H2,1-2H3,(H,47,56)(H,48,55)(H,49,59)(H,50,57)(H,51,58)(H,60,61)(H,46,52,53)/t34-/m0/s1. The summed E-state index contributed by atoms with van der Waals surface area (Å²) in [7, 11) is 0. The third-order valence-corrected chi connectivity index (χ3v) is 8.66. The number of carbonyl (C=O) groups excluding carboxylic acids is 5. The van der Waals surface area contributed by atoms with E-state index in [0.717, 1.165) is 0 Å². The third kappa shape index (κ3) is 10.7. The Morgan fingerprint density at radius 3 is 1.90 bits per heavy atom. The lowest BCUT2D eigenvalue weighted by molar-refractivity contribution is -0.118. The van der Waals surface area contributed by atoms with Crippen molar-refractivity contribution in [1.29, 1.82) is 5.26 Å². The molecule has 0 aliphatic carbocycles. The topological polar surface area (TPSA) is 303 Å². The van der Waals surface area contributed by atoms with Crippen LogP contribution in [0.5, 0.6) is 11.5 Å². The summed E-state index contributed by atoms with van der Waals surface area (Å²) >= 11 is 0.